The van der Waals surface area contributed by atoms with Gasteiger partial charge in [-0.15, -0.1) is 0 Å². The van der Waals surface area contributed by atoms with Crippen molar-refractivity contribution in [1.29, 1.82) is 0 Å². The molecule has 104 valence electrons. The number of benzene rings is 2. The number of nitrogens with two attached hydrogens (primary N) is 1. The zero-order valence-electron chi connectivity index (χ0n) is 11.8. The van der Waals surface area contributed by atoms with Crippen molar-refractivity contribution in [2.45, 2.75) is 13.0 Å². The van der Waals surface area contributed by atoms with Crippen LogP contribution in [0.1, 0.15) is 11.1 Å². The number of fused-ring (bicyclic) bond motifs is 2. The Bertz CT molecular complexity index is 810. The maximum atomic E-state index is 6.05. The average molecular weight is 275 g/mol. The van der Waals surface area contributed by atoms with Gasteiger partial charge in [0.05, 0.1) is 11.2 Å². The van der Waals surface area contributed by atoms with Crippen LogP contribution in [0, 0.1) is 0 Å². The van der Waals surface area contributed by atoms with E-state index in [1.165, 1.54) is 16.8 Å². The molecule has 1 aliphatic rings. The molecule has 3 heteroatoms. The van der Waals surface area contributed by atoms with Gasteiger partial charge in [0.1, 0.15) is 0 Å². The lowest BCUT2D eigenvalue weighted by molar-refractivity contribution is 0.734. The molecule has 21 heavy (non-hydrogen) atoms. The van der Waals surface area contributed by atoms with Gasteiger partial charge >= 0.3 is 0 Å². The molecule has 0 amide bonds. The van der Waals surface area contributed by atoms with Crippen LogP contribution in [0.4, 0.5) is 11.4 Å². The largest absolute Gasteiger partial charge is 0.397 e. The maximum Gasteiger partial charge on any atom is 0.0951 e. The van der Waals surface area contributed by atoms with Crippen molar-refractivity contribution in [2.24, 2.45) is 0 Å². The van der Waals surface area contributed by atoms with Crippen LogP contribution in [0.25, 0.3) is 10.9 Å². The van der Waals surface area contributed by atoms with E-state index in [-0.39, 0.29) is 0 Å². The molecule has 2 aromatic carbocycles. The third-order valence-corrected chi connectivity index (χ3v) is 4.25. The van der Waals surface area contributed by atoms with Crippen LogP contribution < -0.4 is 10.6 Å². The lowest BCUT2D eigenvalue weighted by Crippen LogP contribution is -2.30. The lowest BCUT2D eigenvalue weighted by Gasteiger charge is -2.31. The van der Waals surface area contributed by atoms with Crippen LogP contribution in [0.2, 0.25) is 0 Å². The zero-order valence-corrected chi connectivity index (χ0v) is 11.8. The fourth-order valence-electron chi connectivity index (χ4n) is 3.16. The molecular formula is C18H17N3. The van der Waals surface area contributed by atoms with E-state index >= 15 is 0 Å². The summed E-state index contributed by atoms with van der Waals surface area (Å²) in [7, 11) is 0. The normalized spacial score (nSPS) is 14.2. The SMILES string of the molecule is Nc1ccc(N2CCc3ccccc3C2)c2cccnc12. The van der Waals surface area contributed by atoms with Crippen molar-refractivity contribution in [2.75, 3.05) is 17.2 Å². The number of rotatable bonds is 1. The summed E-state index contributed by atoms with van der Waals surface area (Å²) in [4.78, 5) is 6.85. The van der Waals surface area contributed by atoms with Gasteiger partial charge in [-0.2, -0.15) is 0 Å². The summed E-state index contributed by atoms with van der Waals surface area (Å²) in [5, 5.41) is 1.14. The Kier molecular flexibility index (Phi) is 2.78. The molecule has 0 bridgehead atoms. The van der Waals surface area contributed by atoms with Gasteiger partial charge in [-0.05, 0) is 41.8 Å². The van der Waals surface area contributed by atoms with Crippen molar-refractivity contribution in [1.82, 2.24) is 4.98 Å². The van der Waals surface area contributed by atoms with Gasteiger partial charge in [-0.3, -0.25) is 4.98 Å². The van der Waals surface area contributed by atoms with E-state index in [1.807, 2.05) is 12.1 Å². The molecule has 2 N–H and O–H groups in total. The van der Waals surface area contributed by atoms with Crippen molar-refractivity contribution in [3.8, 4) is 0 Å². The molecule has 3 nitrogen and oxygen atoms in total. The van der Waals surface area contributed by atoms with Gasteiger partial charge in [-0.25, -0.2) is 0 Å². The predicted molar refractivity (Wildman–Crippen MR) is 87.4 cm³/mol. The monoisotopic (exact) mass is 275 g/mol. The minimum Gasteiger partial charge on any atom is -0.397 e. The molecule has 1 aromatic heterocycles. The Morgan fingerprint density at radius 1 is 0.952 bits per heavy atom. The minimum atomic E-state index is 0.742. The third-order valence-electron chi connectivity index (χ3n) is 4.25. The third kappa shape index (κ3) is 2.02. The second kappa shape index (κ2) is 4.77. The van der Waals surface area contributed by atoms with E-state index in [1.54, 1.807) is 6.20 Å². The topological polar surface area (TPSA) is 42.1 Å². The molecule has 0 aliphatic carbocycles. The van der Waals surface area contributed by atoms with Crippen LogP contribution in [0.3, 0.4) is 0 Å². The summed E-state index contributed by atoms with van der Waals surface area (Å²) >= 11 is 0. The summed E-state index contributed by atoms with van der Waals surface area (Å²) < 4.78 is 0. The fraction of sp³-hybridized carbons (Fsp3) is 0.167. The molecule has 0 fully saturated rings. The van der Waals surface area contributed by atoms with E-state index in [4.69, 9.17) is 5.73 Å². The predicted octanol–water partition coefficient (Wildman–Crippen LogP) is 3.38. The summed E-state index contributed by atoms with van der Waals surface area (Å²) in [5.74, 6) is 0. The van der Waals surface area contributed by atoms with Crippen molar-refractivity contribution in [3.05, 3.63) is 65.9 Å². The number of pyridine rings is 1. The van der Waals surface area contributed by atoms with Crippen molar-refractivity contribution in [3.63, 3.8) is 0 Å². The average Bonchev–Trinajstić information content (AvgIpc) is 2.55. The number of aromatic nitrogens is 1. The van der Waals surface area contributed by atoms with E-state index in [0.29, 0.717) is 0 Å². The van der Waals surface area contributed by atoms with Crippen molar-refractivity contribution < 1.29 is 0 Å². The molecule has 4 rings (SSSR count). The Balaban J connectivity index is 1.80. The Morgan fingerprint density at radius 2 is 1.81 bits per heavy atom. The summed E-state index contributed by atoms with van der Waals surface area (Å²) in [6, 6.07) is 16.9. The van der Waals surface area contributed by atoms with Gasteiger partial charge in [0.15, 0.2) is 0 Å². The van der Waals surface area contributed by atoms with Crippen molar-refractivity contribution >= 4 is 22.3 Å². The molecule has 1 aliphatic heterocycles. The number of nitrogens with zero attached hydrogens (tertiary/aromatic N) is 2. The molecular weight excluding hydrogens is 258 g/mol. The Labute approximate surface area is 124 Å². The first kappa shape index (κ1) is 12.2. The Hall–Kier alpha value is -2.55. The van der Waals surface area contributed by atoms with E-state index in [0.717, 1.165) is 36.1 Å². The van der Waals surface area contributed by atoms with Crippen LogP contribution >= 0.6 is 0 Å². The highest BCUT2D eigenvalue weighted by Gasteiger charge is 2.18. The second-order valence-electron chi connectivity index (χ2n) is 5.51. The molecule has 0 saturated carbocycles. The van der Waals surface area contributed by atoms with E-state index in [9.17, 15) is 0 Å². The standard InChI is InChI=1S/C18H17N3/c19-16-7-8-17(15-6-3-10-20-18(15)16)21-11-9-13-4-1-2-5-14(13)12-21/h1-8,10H,9,11-12,19H2. The second-order valence-corrected chi connectivity index (χ2v) is 5.51. The van der Waals surface area contributed by atoms with Crippen LogP contribution in [0.15, 0.2) is 54.7 Å². The van der Waals surface area contributed by atoms with E-state index in [2.05, 4.69) is 46.3 Å². The zero-order chi connectivity index (χ0) is 14.2. The van der Waals surface area contributed by atoms with Gasteiger partial charge in [0.25, 0.3) is 0 Å². The van der Waals surface area contributed by atoms with Crippen LogP contribution in [0.5, 0.6) is 0 Å². The van der Waals surface area contributed by atoms with Gasteiger partial charge in [-0.1, -0.05) is 24.3 Å². The van der Waals surface area contributed by atoms with Crippen LogP contribution in [-0.2, 0) is 13.0 Å². The Morgan fingerprint density at radius 3 is 2.71 bits per heavy atom. The molecule has 0 saturated heterocycles. The van der Waals surface area contributed by atoms with Gasteiger partial charge in [0.2, 0.25) is 0 Å². The first-order valence-corrected chi connectivity index (χ1v) is 7.28. The molecule has 2 heterocycles. The number of anilines is 2. The summed E-state index contributed by atoms with van der Waals surface area (Å²) in [5.41, 5.74) is 11.8. The van der Waals surface area contributed by atoms with Crippen LogP contribution in [-0.4, -0.2) is 11.5 Å². The molecule has 0 atom stereocenters. The minimum absolute atomic E-state index is 0.742. The highest BCUT2D eigenvalue weighted by molar-refractivity contribution is 5.98. The summed E-state index contributed by atoms with van der Waals surface area (Å²) in [6.07, 6.45) is 2.89. The first-order chi connectivity index (χ1) is 10.3. The van der Waals surface area contributed by atoms with Gasteiger partial charge in [0, 0.05) is 30.4 Å². The highest BCUT2D eigenvalue weighted by Crippen LogP contribution is 2.32. The van der Waals surface area contributed by atoms with Gasteiger partial charge < -0.3 is 10.6 Å². The molecule has 0 unspecified atom stereocenters. The smallest absolute Gasteiger partial charge is 0.0951 e. The molecule has 0 radical (unpaired) electrons. The van der Waals surface area contributed by atoms with E-state index < -0.39 is 0 Å². The molecule has 0 spiro atoms. The summed E-state index contributed by atoms with van der Waals surface area (Å²) in [6.45, 7) is 1.98. The first-order valence-electron chi connectivity index (χ1n) is 7.28. The molecule has 3 aromatic rings. The quantitative estimate of drug-likeness (QED) is 0.692. The highest BCUT2D eigenvalue weighted by atomic mass is 15.1. The maximum absolute atomic E-state index is 6.05. The fourth-order valence-corrected chi connectivity index (χ4v) is 3.16. The lowest BCUT2D eigenvalue weighted by atomic mass is 9.99. The number of hydrogen-bond acceptors (Lipinski definition) is 3. The number of nitrogen functional groups attached to an aromatic ring is 1. The number of hydrogen-bond donors (Lipinski definition) is 1.